The lowest BCUT2D eigenvalue weighted by atomic mass is 9.92. The number of amides is 2. The number of rotatable bonds is 4. The van der Waals surface area contributed by atoms with E-state index in [1.54, 1.807) is 12.1 Å². The van der Waals surface area contributed by atoms with Crippen molar-refractivity contribution in [1.82, 2.24) is 20.6 Å². The zero-order valence-electron chi connectivity index (χ0n) is 17.1. The molecule has 1 aliphatic heterocycles. The van der Waals surface area contributed by atoms with Crippen molar-refractivity contribution in [2.24, 2.45) is 0 Å². The van der Waals surface area contributed by atoms with Gasteiger partial charge in [-0.15, -0.1) is 0 Å². The van der Waals surface area contributed by atoms with E-state index in [1.165, 1.54) is 19.3 Å². The molecule has 0 radical (unpaired) electrons. The Kier molecular flexibility index (Phi) is 5.94. The second-order valence-corrected chi connectivity index (χ2v) is 8.22. The third-order valence-electron chi connectivity index (χ3n) is 5.17. The molecule has 0 saturated carbocycles. The average Bonchev–Trinajstić information content (AvgIpc) is 3.33. The normalized spacial score (nSPS) is 16.6. The van der Waals surface area contributed by atoms with Gasteiger partial charge in [-0.3, -0.25) is 14.7 Å². The number of carbonyl (C=O) groups is 2. The first-order chi connectivity index (χ1) is 15.9. The Morgan fingerprint density at radius 1 is 1.06 bits per heavy atom. The first-order valence-electron chi connectivity index (χ1n) is 9.57. The number of thioether (sulfide) groups is 1. The van der Waals surface area contributed by atoms with Gasteiger partial charge in [0, 0.05) is 12.4 Å². The van der Waals surface area contributed by atoms with Crippen LogP contribution in [0.3, 0.4) is 0 Å². The number of fused-ring (bicyclic) bond motifs is 1. The number of nitrogens with one attached hydrogen (secondary N) is 2. The van der Waals surface area contributed by atoms with E-state index in [0.717, 1.165) is 6.07 Å². The predicted molar refractivity (Wildman–Crippen MR) is 112 cm³/mol. The average molecular weight is 500 g/mol. The molecular weight excluding hydrogens is 486 g/mol. The van der Waals surface area contributed by atoms with Gasteiger partial charge in [-0.25, -0.2) is 5.43 Å². The minimum absolute atomic E-state index is 0.0472. The van der Waals surface area contributed by atoms with Gasteiger partial charge in [0.1, 0.15) is 0 Å². The number of carbonyl (C=O) groups excluding carboxylic acids is 2. The van der Waals surface area contributed by atoms with Gasteiger partial charge in [0.05, 0.1) is 27.7 Å². The van der Waals surface area contributed by atoms with Gasteiger partial charge in [-0.05, 0) is 59.1 Å². The molecule has 1 saturated heterocycles. The number of aromatic amines is 1. The van der Waals surface area contributed by atoms with E-state index in [9.17, 15) is 35.9 Å². The minimum atomic E-state index is -5.08. The molecular formula is C21H14F6N4O2S. The second kappa shape index (κ2) is 8.47. The third kappa shape index (κ3) is 4.40. The zero-order valence-corrected chi connectivity index (χ0v) is 18.0. The molecule has 3 aromatic rings. The SMILES string of the molecule is CNN1C(=O)S/C(=C(/Cc2ccc(C(F)(F)F)cc2C(F)(F)F)c2ccc3[nH]ncc3c2)C1=O. The van der Waals surface area contributed by atoms with Crippen molar-refractivity contribution in [2.75, 3.05) is 7.05 Å². The molecule has 1 aliphatic rings. The number of hydrazine groups is 1. The van der Waals surface area contributed by atoms with Crippen LogP contribution in [0, 0.1) is 0 Å². The van der Waals surface area contributed by atoms with E-state index in [0.29, 0.717) is 39.3 Å². The Morgan fingerprint density at radius 3 is 2.41 bits per heavy atom. The Hall–Kier alpha value is -3.32. The van der Waals surface area contributed by atoms with Gasteiger partial charge in [0.15, 0.2) is 0 Å². The van der Waals surface area contributed by atoms with E-state index in [-0.39, 0.29) is 16.5 Å². The summed E-state index contributed by atoms with van der Waals surface area (Å²) in [6.45, 7) is 0. The molecule has 34 heavy (non-hydrogen) atoms. The Balaban J connectivity index is 1.90. The molecule has 0 unspecified atom stereocenters. The van der Waals surface area contributed by atoms with Crippen molar-refractivity contribution < 1.29 is 35.9 Å². The molecule has 0 spiro atoms. The minimum Gasteiger partial charge on any atom is -0.278 e. The van der Waals surface area contributed by atoms with E-state index < -0.39 is 46.6 Å². The maximum Gasteiger partial charge on any atom is 0.416 e. The fourth-order valence-electron chi connectivity index (χ4n) is 3.55. The van der Waals surface area contributed by atoms with Gasteiger partial charge in [-0.1, -0.05) is 12.1 Å². The topological polar surface area (TPSA) is 78.1 Å². The fourth-order valence-corrected chi connectivity index (χ4v) is 4.48. The Morgan fingerprint density at radius 2 is 1.79 bits per heavy atom. The largest absolute Gasteiger partial charge is 0.416 e. The Bertz CT molecular complexity index is 1330. The number of hydrogen-bond acceptors (Lipinski definition) is 5. The number of nitrogens with zero attached hydrogens (tertiary/aromatic N) is 2. The molecule has 2 N–H and O–H groups in total. The third-order valence-corrected chi connectivity index (χ3v) is 6.15. The summed E-state index contributed by atoms with van der Waals surface area (Å²) in [5, 5.41) is 7.20. The van der Waals surface area contributed by atoms with Crippen molar-refractivity contribution in [2.45, 2.75) is 18.8 Å². The highest BCUT2D eigenvalue weighted by Crippen LogP contribution is 2.42. The number of H-pyrrole nitrogens is 1. The number of imide groups is 1. The van der Waals surface area contributed by atoms with Crippen LogP contribution >= 0.6 is 11.8 Å². The van der Waals surface area contributed by atoms with Gasteiger partial charge in [-0.2, -0.15) is 36.5 Å². The van der Waals surface area contributed by atoms with Crippen LogP contribution in [0.1, 0.15) is 22.3 Å². The molecule has 1 aromatic heterocycles. The first kappa shape index (κ1) is 23.8. The predicted octanol–water partition coefficient (Wildman–Crippen LogP) is 5.38. The fraction of sp³-hybridized carbons (Fsp3) is 0.190. The molecule has 0 atom stereocenters. The maximum atomic E-state index is 13.7. The standard InChI is InChI=1S/C21H14F6N4O2S/c1-28-31-18(32)17(34-19(31)33)14(10-3-5-16-12(6-10)9-29-30-16)7-11-2-4-13(20(22,23)24)8-15(11)21(25,26)27/h2-6,8-9,28H,7H2,1H3,(H,29,30)/b17-14-. The highest BCUT2D eigenvalue weighted by molar-refractivity contribution is 8.18. The molecule has 13 heteroatoms. The van der Waals surface area contributed by atoms with Crippen LogP contribution in [0.15, 0.2) is 47.5 Å². The van der Waals surface area contributed by atoms with Crippen LogP contribution in [0.2, 0.25) is 0 Å². The van der Waals surface area contributed by atoms with Crippen molar-refractivity contribution in [3.63, 3.8) is 0 Å². The quantitative estimate of drug-likeness (QED) is 0.371. The van der Waals surface area contributed by atoms with Crippen molar-refractivity contribution in [1.29, 1.82) is 0 Å². The summed E-state index contributed by atoms with van der Waals surface area (Å²) in [6, 6.07) is 6.04. The number of aromatic nitrogens is 2. The van der Waals surface area contributed by atoms with Crippen molar-refractivity contribution in [3.8, 4) is 0 Å². The smallest absolute Gasteiger partial charge is 0.278 e. The van der Waals surface area contributed by atoms with E-state index >= 15 is 0 Å². The summed E-state index contributed by atoms with van der Waals surface area (Å²) in [4.78, 5) is 24.9. The van der Waals surface area contributed by atoms with Crippen LogP contribution in [-0.2, 0) is 23.6 Å². The van der Waals surface area contributed by atoms with Gasteiger partial charge >= 0.3 is 17.6 Å². The summed E-state index contributed by atoms with van der Waals surface area (Å²) in [7, 11) is 1.33. The Labute approximate surface area is 192 Å². The second-order valence-electron chi connectivity index (χ2n) is 7.26. The van der Waals surface area contributed by atoms with Crippen LogP contribution < -0.4 is 5.43 Å². The molecule has 4 rings (SSSR count). The number of hydrogen-bond donors (Lipinski definition) is 2. The van der Waals surface area contributed by atoms with E-state index in [2.05, 4.69) is 15.6 Å². The summed E-state index contributed by atoms with van der Waals surface area (Å²) in [6.07, 6.45) is -9.13. The zero-order chi connectivity index (χ0) is 24.8. The van der Waals surface area contributed by atoms with Crippen molar-refractivity contribution in [3.05, 3.63) is 69.8 Å². The molecule has 2 heterocycles. The molecule has 0 bridgehead atoms. The monoisotopic (exact) mass is 500 g/mol. The summed E-state index contributed by atoms with van der Waals surface area (Å²) < 4.78 is 80.4. The number of halogens is 6. The van der Waals surface area contributed by atoms with Gasteiger partial charge < -0.3 is 0 Å². The molecule has 1 fully saturated rings. The summed E-state index contributed by atoms with van der Waals surface area (Å²) in [5.74, 6) is -0.778. The lowest BCUT2D eigenvalue weighted by molar-refractivity contribution is -0.143. The van der Waals surface area contributed by atoms with E-state index in [1.807, 2.05) is 0 Å². The van der Waals surface area contributed by atoms with Crippen LogP contribution in [0.4, 0.5) is 31.1 Å². The van der Waals surface area contributed by atoms with Gasteiger partial charge in [0.25, 0.3) is 5.91 Å². The molecule has 178 valence electrons. The van der Waals surface area contributed by atoms with E-state index in [4.69, 9.17) is 0 Å². The van der Waals surface area contributed by atoms with Gasteiger partial charge in [0.2, 0.25) is 0 Å². The maximum absolute atomic E-state index is 13.7. The van der Waals surface area contributed by atoms with Crippen LogP contribution in [0.25, 0.3) is 16.5 Å². The van der Waals surface area contributed by atoms with Crippen molar-refractivity contribution >= 4 is 39.4 Å². The molecule has 2 amide bonds. The van der Waals surface area contributed by atoms with Crippen LogP contribution in [-0.4, -0.2) is 33.4 Å². The highest BCUT2D eigenvalue weighted by Gasteiger charge is 2.40. The summed E-state index contributed by atoms with van der Waals surface area (Å²) >= 11 is 0.527. The number of alkyl halides is 6. The number of benzene rings is 2. The lowest BCUT2D eigenvalue weighted by Gasteiger charge is -2.18. The first-order valence-corrected chi connectivity index (χ1v) is 10.4. The highest BCUT2D eigenvalue weighted by atomic mass is 32.2. The summed E-state index contributed by atoms with van der Waals surface area (Å²) in [5.41, 5.74) is 0.0252. The lowest BCUT2D eigenvalue weighted by Crippen LogP contribution is -2.38. The molecule has 2 aromatic carbocycles. The molecule has 6 nitrogen and oxygen atoms in total. The molecule has 0 aliphatic carbocycles. The van der Waals surface area contributed by atoms with Crippen LogP contribution in [0.5, 0.6) is 0 Å². The number of allylic oxidation sites excluding steroid dienone is 1.